The summed E-state index contributed by atoms with van der Waals surface area (Å²) in [6, 6.07) is 10.4. The Hall–Kier alpha value is -2.28. The molecule has 2 aromatic rings. The molecule has 1 N–H and O–H groups in total. The quantitative estimate of drug-likeness (QED) is 0.684. The highest BCUT2D eigenvalue weighted by Crippen LogP contribution is 2.18. The van der Waals surface area contributed by atoms with Crippen LogP contribution in [0.3, 0.4) is 0 Å². The van der Waals surface area contributed by atoms with Gasteiger partial charge in [-0.3, -0.25) is 0 Å². The molecule has 0 fully saturated rings. The third-order valence-corrected chi connectivity index (χ3v) is 2.02. The number of hydrogen-bond acceptors (Lipinski definition) is 2. The highest BCUT2D eigenvalue weighted by Gasteiger charge is 2.12. The van der Waals surface area contributed by atoms with Gasteiger partial charge in [0.25, 0.3) is 0 Å². The summed E-state index contributed by atoms with van der Waals surface area (Å²) in [6.07, 6.45) is -1.14. The number of carboxylic acid groups (broad SMARTS) is 1. The van der Waals surface area contributed by atoms with Crippen molar-refractivity contribution >= 4 is 17.0 Å². The number of aromatic nitrogens is 1. The van der Waals surface area contributed by atoms with Crippen LogP contribution in [0.2, 0.25) is 0 Å². The lowest BCUT2D eigenvalue weighted by Crippen LogP contribution is -2.09. The lowest BCUT2D eigenvalue weighted by molar-refractivity contribution is 0.197. The lowest BCUT2D eigenvalue weighted by Gasteiger charge is -1.97. The fourth-order valence-corrected chi connectivity index (χ4v) is 1.44. The topological polar surface area (TPSA) is 66.0 Å². The Morgan fingerprint density at radius 3 is 2.79 bits per heavy atom. The third kappa shape index (κ3) is 1.04. The van der Waals surface area contributed by atoms with Gasteiger partial charge < -0.3 is 5.11 Å². The molecule has 0 aliphatic heterocycles. The van der Waals surface area contributed by atoms with E-state index in [0.29, 0.717) is 5.52 Å². The van der Waals surface area contributed by atoms with Crippen LogP contribution in [0.15, 0.2) is 30.3 Å². The van der Waals surface area contributed by atoms with Gasteiger partial charge in [-0.2, -0.15) is 5.26 Å². The maximum Gasteiger partial charge on any atom is 0.417 e. The summed E-state index contributed by atoms with van der Waals surface area (Å²) in [6.45, 7) is 0. The Balaban J connectivity index is 2.89. The number of fused-ring (bicyclic) bond motifs is 1. The van der Waals surface area contributed by atoms with Crippen molar-refractivity contribution in [3.05, 3.63) is 36.0 Å². The van der Waals surface area contributed by atoms with E-state index < -0.39 is 6.09 Å². The normalized spacial score (nSPS) is 9.93. The van der Waals surface area contributed by atoms with E-state index in [-0.39, 0.29) is 5.69 Å². The lowest BCUT2D eigenvalue weighted by atomic mass is 10.2. The maximum absolute atomic E-state index is 10.9. The summed E-state index contributed by atoms with van der Waals surface area (Å²) in [5, 5.41) is 18.4. The van der Waals surface area contributed by atoms with Crippen LogP contribution in [0.5, 0.6) is 0 Å². The monoisotopic (exact) mass is 186 g/mol. The molecule has 0 aliphatic carbocycles. The predicted octanol–water partition coefficient (Wildman–Crippen LogP) is 2.04. The molecule has 4 nitrogen and oxygen atoms in total. The van der Waals surface area contributed by atoms with Crippen LogP contribution in [0.1, 0.15) is 5.69 Å². The van der Waals surface area contributed by atoms with Crippen LogP contribution in [0.4, 0.5) is 4.79 Å². The first-order valence-corrected chi connectivity index (χ1v) is 3.98. The van der Waals surface area contributed by atoms with Gasteiger partial charge in [0.1, 0.15) is 11.8 Å². The number of para-hydroxylation sites is 1. The first kappa shape index (κ1) is 8.32. The molecule has 2 rings (SSSR count). The van der Waals surface area contributed by atoms with Crippen molar-refractivity contribution in [2.45, 2.75) is 0 Å². The second-order valence-electron chi connectivity index (χ2n) is 2.82. The van der Waals surface area contributed by atoms with Crippen LogP contribution in [-0.2, 0) is 0 Å². The first-order valence-electron chi connectivity index (χ1n) is 3.98. The zero-order valence-electron chi connectivity index (χ0n) is 7.14. The second-order valence-corrected chi connectivity index (χ2v) is 2.82. The van der Waals surface area contributed by atoms with E-state index in [1.165, 1.54) is 0 Å². The molecular weight excluding hydrogens is 180 g/mol. The molecule has 4 heteroatoms. The standard InChI is InChI=1S/C10H6N2O2/c11-6-8-5-7-3-1-2-4-9(7)12(8)10(13)14/h1-5H,(H,13,14). The van der Waals surface area contributed by atoms with Crippen molar-refractivity contribution in [3.8, 4) is 6.07 Å². The van der Waals surface area contributed by atoms with Gasteiger partial charge in [-0.15, -0.1) is 0 Å². The molecule has 0 amide bonds. The Labute approximate surface area is 79.6 Å². The number of nitriles is 1. The zero-order valence-corrected chi connectivity index (χ0v) is 7.14. The van der Waals surface area contributed by atoms with E-state index in [2.05, 4.69) is 0 Å². The summed E-state index contributed by atoms with van der Waals surface area (Å²) in [7, 11) is 0. The highest BCUT2D eigenvalue weighted by atomic mass is 16.4. The Morgan fingerprint density at radius 1 is 1.43 bits per heavy atom. The van der Waals surface area contributed by atoms with Gasteiger partial charge in [-0.25, -0.2) is 9.36 Å². The summed E-state index contributed by atoms with van der Waals surface area (Å²) in [5.74, 6) is 0. The van der Waals surface area contributed by atoms with Crippen molar-refractivity contribution in [3.63, 3.8) is 0 Å². The highest BCUT2D eigenvalue weighted by molar-refractivity contribution is 5.91. The van der Waals surface area contributed by atoms with Gasteiger partial charge in [0.05, 0.1) is 5.52 Å². The van der Waals surface area contributed by atoms with Gasteiger partial charge in [0, 0.05) is 5.39 Å². The van der Waals surface area contributed by atoms with Crippen LogP contribution >= 0.6 is 0 Å². The molecule has 68 valence electrons. The van der Waals surface area contributed by atoms with Gasteiger partial charge in [0.15, 0.2) is 0 Å². The minimum absolute atomic E-state index is 0.138. The van der Waals surface area contributed by atoms with Crippen LogP contribution < -0.4 is 0 Å². The van der Waals surface area contributed by atoms with Crippen molar-refractivity contribution in [1.29, 1.82) is 5.26 Å². The molecule has 1 aromatic carbocycles. The average molecular weight is 186 g/mol. The van der Waals surface area contributed by atoms with E-state index in [4.69, 9.17) is 10.4 Å². The zero-order chi connectivity index (χ0) is 10.1. The second kappa shape index (κ2) is 2.89. The Bertz CT molecular complexity index is 549. The minimum Gasteiger partial charge on any atom is -0.464 e. The van der Waals surface area contributed by atoms with E-state index >= 15 is 0 Å². The fraction of sp³-hybridized carbons (Fsp3) is 0. The molecule has 0 radical (unpaired) electrons. The van der Waals surface area contributed by atoms with Crippen molar-refractivity contribution < 1.29 is 9.90 Å². The molecule has 0 unspecified atom stereocenters. The van der Waals surface area contributed by atoms with E-state index in [9.17, 15) is 4.79 Å². The molecule has 0 saturated heterocycles. The van der Waals surface area contributed by atoms with E-state index in [0.717, 1.165) is 9.95 Å². The van der Waals surface area contributed by atoms with Gasteiger partial charge in [-0.05, 0) is 12.1 Å². The number of hydrogen-bond donors (Lipinski definition) is 1. The number of benzene rings is 1. The molecular formula is C10H6N2O2. The summed E-state index contributed by atoms with van der Waals surface area (Å²) < 4.78 is 0.981. The maximum atomic E-state index is 10.9. The SMILES string of the molecule is N#Cc1cc2ccccc2n1C(=O)O. The summed E-state index contributed by atoms with van der Waals surface area (Å²) in [5.41, 5.74) is 0.676. The molecule has 14 heavy (non-hydrogen) atoms. The average Bonchev–Trinajstić information content (AvgIpc) is 2.55. The van der Waals surface area contributed by atoms with Gasteiger partial charge in [-0.1, -0.05) is 18.2 Å². The van der Waals surface area contributed by atoms with Crippen molar-refractivity contribution in [2.75, 3.05) is 0 Å². The van der Waals surface area contributed by atoms with Crippen molar-refractivity contribution in [1.82, 2.24) is 4.57 Å². The number of carbonyl (C=O) groups is 1. The number of rotatable bonds is 0. The minimum atomic E-state index is -1.14. The van der Waals surface area contributed by atoms with Crippen LogP contribution in [0, 0.1) is 11.3 Å². The fourth-order valence-electron chi connectivity index (χ4n) is 1.44. The molecule has 0 aliphatic rings. The predicted molar refractivity (Wildman–Crippen MR) is 50.1 cm³/mol. The van der Waals surface area contributed by atoms with Gasteiger partial charge in [0.2, 0.25) is 0 Å². The molecule has 1 heterocycles. The molecule has 0 atom stereocenters. The van der Waals surface area contributed by atoms with E-state index in [1.807, 2.05) is 6.07 Å². The smallest absolute Gasteiger partial charge is 0.417 e. The summed E-state index contributed by atoms with van der Waals surface area (Å²) in [4.78, 5) is 10.9. The molecule has 0 spiro atoms. The van der Waals surface area contributed by atoms with Crippen LogP contribution in [0.25, 0.3) is 10.9 Å². The molecule has 1 aromatic heterocycles. The first-order chi connectivity index (χ1) is 6.74. The third-order valence-electron chi connectivity index (χ3n) is 2.02. The Kier molecular flexibility index (Phi) is 1.72. The van der Waals surface area contributed by atoms with Gasteiger partial charge >= 0.3 is 6.09 Å². The number of nitrogens with zero attached hydrogens (tertiary/aromatic N) is 2. The van der Waals surface area contributed by atoms with Crippen LogP contribution in [-0.4, -0.2) is 15.8 Å². The molecule has 0 bridgehead atoms. The Morgan fingerprint density at radius 2 is 2.14 bits per heavy atom. The van der Waals surface area contributed by atoms with Crippen molar-refractivity contribution in [2.24, 2.45) is 0 Å². The van der Waals surface area contributed by atoms with E-state index in [1.54, 1.807) is 30.3 Å². The largest absolute Gasteiger partial charge is 0.464 e. The summed E-state index contributed by atoms with van der Waals surface area (Å²) >= 11 is 0. The molecule has 0 saturated carbocycles.